The molecule has 3 heteroatoms. The van der Waals surface area contributed by atoms with E-state index in [2.05, 4.69) is 0 Å². The topological polar surface area (TPSA) is 46.5 Å². The van der Waals surface area contributed by atoms with E-state index in [1.54, 1.807) is 19.9 Å². The van der Waals surface area contributed by atoms with E-state index in [1.165, 1.54) is 6.07 Å². The van der Waals surface area contributed by atoms with Gasteiger partial charge in [0.05, 0.1) is 0 Å². The average Bonchev–Trinajstić information content (AvgIpc) is 2.19. The molecule has 3 nitrogen and oxygen atoms in total. The van der Waals surface area contributed by atoms with Crippen molar-refractivity contribution in [2.45, 2.75) is 27.2 Å². The fourth-order valence-corrected chi connectivity index (χ4v) is 1.09. The quantitative estimate of drug-likeness (QED) is 0.580. The van der Waals surface area contributed by atoms with E-state index in [1.807, 2.05) is 6.92 Å². The van der Waals surface area contributed by atoms with Gasteiger partial charge < -0.3 is 9.84 Å². The molecule has 0 aliphatic carbocycles. The number of aromatic hydroxyl groups is 1. The summed E-state index contributed by atoms with van der Waals surface area (Å²) < 4.78 is 5.08. The first kappa shape index (κ1) is 10.6. The Labute approximate surface area is 83.3 Å². The lowest BCUT2D eigenvalue weighted by Gasteiger charge is -2.09. The molecule has 0 spiro atoms. The molecular formula is C11H14O3. The van der Waals surface area contributed by atoms with Gasteiger partial charge in [0.15, 0.2) is 0 Å². The predicted molar refractivity (Wildman–Crippen MR) is 53.5 cm³/mol. The standard InChI is InChI=1S/C11H14O3/c1-4-11(13)14-10-6-5-9(12)7(2)8(10)3/h5-6,12H,4H2,1-3H3. The first-order chi connectivity index (χ1) is 6.56. The van der Waals surface area contributed by atoms with Crippen LogP contribution in [0.5, 0.6) is 11.5 Å². The highest BCUT2D eigenvalue weighted by atomic mass is 16.5. The molecule has 1 N–H and O–H groups in total. The Hall–Kier alpha value is -1.51. The second kappa shape index (κ2) is 4.13. The molecule has 0 atom stereocenters. The lowest BCUT2D eigenvalue weighted by molar-refractivity contribution is -0.134. The highest BCUT2D eigenvalue weighted by molar-refractivity contribution is 5.72. The van der Waals surface area contributed by atoms with Crippen molar-refractivity contribution in [3.05, 3.63) is 23.3 Å². The van der Waals surface area contributed by atoms with Gasteiger partial charge in [-0.2, -0.15) is 0 Å². The molecule has 0 fully saturated rings. The molecule has 1 aromatic rings. The number of esters is 1. The second-order valence-corrected chi connectivity index (χ2v) is 3.16. The number of phenolic OH excluding ortho intramolecular Hbond substituents is 1. The molecule has 0 aromatic heterocycles. The van der Waals surface area contributed by atoms with Gasteiger partial charge in [0.1, 0.15) is 11.5 Å². The summed E-state index contributed by atoms with van der Waals surface area (Å²) in [4.78, 5) is 11.0. The molecule has 0 radical (unpaired) electrons. The number of ether oxygens (including phenoxy) is 1. The Balaban J connectivity index is 3.00. The lowest BCUT2D eigenvalue weighted by atomic mass is 10.1. The van der Waals surface area contributed by atoms with Gasteiger partial charge in [0.25, 0.3) is 0 Å². The van der Waals surface area contributed by atoms with Crippen LogP contribution in [0, 0.1) is 13.8 Å². The zero-order valence-corrected chi connectivity index (χ0v) is 8.63. The minimum Gasteiger partial charge on any atom is -0.508 e. The van der Waals surface area contributed by atoms with E-state index in [0.29, 0.717) is 12.2 Å². The van der Waals surface area contributed by atoms with Crippen molar-refractivity contribution in [2.75, 3.05) is 0 Å². The Morgan fingerprint density at radius 3 is 2.57 bits per heavy atom. The Kier molecular flexibility index (Phi) is 3.12. The first-order valence-electron chi connectivity index (χ1n) is 4.56. The van der Waals surface area contributed by atoms with Crippen LogP contribution in [0.2, 0.25) is 0 Å². The summed E-state index contributed by atoms with van der Waals surface area (Å²) in [6.45, 7) is 5.34. The SMILES string of the molecule is CCC(=O)Oc1ccc(O)c(C)c1C. The first-order valence-corrected chi connectivity index (χ1v) is 4.56. The minimum absolute atomic E-state index is 0.221. The van der Waals surface area contributed by atoms with Crippen LogP contribution in [-0.2, 0) is 4.79 Å². The average molecular weight is 194 g/mol. The number of phenols is 1. The van der Waals surface area contributed by atoms with Crippen molar-refractivity contribution in [1.82, 2.24) is 0 Å². The summed E-state index contributed by atoms with van der Waals surface area (Å²) in [6, 6.07) is 3.13. The van der Waals surface area contributed by atoms with Gasteiger partial charge in [-0.15, -0.1) is 0 Å². The van der Waals surface area contributed by atoms with Crippen LogP contribution < -0.4 is 4.74 Å². The number of benzene rings is 1. The van der Waals surface area contributed by atoms with Crippen molar-refractivity contribution in [2.24, 2.45) is 0 Å². The minimum atomic E-state index is -0.266. The molecule has 0 bridgehead atoms. The Bertz CT molecular complexity index is 356. The smallest absolute Gasteiger partial charge is 0.310 e. The number of rotatable bonds is 2. The van der Waals surface area contributed by atoms with Crippen LogP contribution in [0.3, 0.4) is 0 Å². The van der Waals surface area contributed by atoms with Gasteiger partial charge >= 0.3 is 5.97 Å². The third-order valence-electron chi connectivity index (χ3n) is 2.22. The monoisotopic (exact) mass is 194 g/mol. The zero-order valence-electron chi connectivity index (χ0n) is 8.63. The van der Waals surface area contributed by atoms with Crippen molar-refractivity contribution >= 4 is 5.97 Å². The molecule has 1 aromatic carbocycles. The summed E-state index contributed by atoms with van der Waals surface area (Å²) >= 11 is 0. The van der Waals surface area contributed by atoms with Gasteiger partial charge in [-0.05, 0) is 37.1 Å². The van der Waals surface area contributed by atoms with Crippen LogP contribution in [-0.4, -0.2) is 11.1 Å². The summed E-state index contributed by atoms with van der Waals surface area (Å²) in [6.07, 6.45) is 0.347. The van der Waals surface area contributed by atoms with Crippen molar-refractivity contribution in [3.8, 4) is 11.5 Å². The van der Waals surface area contributed by atoms with Gasteiger partial charge in [-0.25, -0.2) is 0 Å². The maximum atomic E-state index is 11.0. The zero-order chi connectivity index (χ0) is 10.7. The predicted octanol–water partition coefficient (Wildman–Crippen LogP) is 2.32. The summed E-state index contributed by atoms with van der Waals surface area (Å²) in [5.74, 6) is 0.476. The van der Waals surface area contributed by atoms with E-state index in [9.17, 15) is 9.90 Å². The summed E-state index contributed by atoms with van der Waals surface area (Å²) in [7, 11) is 0. The molecule has 76 valence electrons. The van der Waals surface area contributed by atoms with E-state index in [0.717, 1.165) is 11.1 Å². The van der Waals surface area contributed by atoms with E-state index < -0.39 is 0 Å². The molecule has 0 aliphatic heterocycles. The van der Waals surface area contributed by atoms with Crippen LogP contribution >= 0.6 is 0 Å². The molecule has 0 unspecified atom stereocenters. The third-order valence-corrected chi connectivity index (χ3v) is 2.22. The lowest BCUT2D eigenvalue weighted by Crippen LogP contribution is -2.06. The Morgan fingerprint density at radius 2 is 2.00 bits per heavy atom. The van der Waals surface area contributed by atoms with Crippen molar-refractivity contribution in [1.29, 1.82) is 0 Å². The van der Waals surface area contributed by atoms with Crippen molar-refractivity contribution < 1.29 is 14.6 Å². The maximum Gasteiger partial charge on any atom is 0.310 e. The third kappa shape index (κ3) is 2.05. The highest BCUT2D eigenvalue weighted by Crippen LogP contribution is 2.28. The molecule has 0 saturated heterocycles. The molecule has 1 rings (SSSR count). The largest absolute Gasteiger partial charge is 0.508 e. The van der Waals surface area contributed by atoms with Gasteiger partial charge in [0, 0.05) is 6.42 Å². The number of carbonyl (C=O) groups is 1. The second-order valence-electron chi connectivity index (χ2n) is 3.16. The van der Waals surface area contributed by atoms with Crippen LogP contribution in [0.15, 0.2) is 12.1 Å². The number of carbonyl (C=O) groups excluding carboxylic acids is 1. The number of hydrogen-bond acceptors (Lipinski definition) is 3. The maximum absolute atomic E-state index is 11.0. The van der Waals surface area contributed by atoms with E-state index >= 15 is 0 Å². The summed E-state index contributed by atoms with van der Waals surface area (Å²) in [5.41, 5.74) is 1.54. The van der Waals surface area contributed by atoms with Gasteiger partial charge in [-0.1, -0.05) is 6.92 Å². The normalized spacial score (nSPS) is 9.93. The summed E-state index contributed by atoms with van der Waals surface area (Å²) in [5, 5.41) is 9.38. The fraction of sp³-hybridized carbons (Fsp3) is 0.364. The Morgan fingerprint density at radius 1 is 1.36 bits per heavy atom. The van der Waals surface area contributed by atoms with Gasteiger partial charge in [-0.3, -0.25) is 4.79 Å². The van der Waals surface area contributed by atoms with Crippen LogP contribution in [0.4, 0.5) is 0 Å². The molecule has 0 amide bonds. The molecular weight excluding hydrogens is 180 g/mol. The molecule has 0 aliphatic rings. The molecule has 14 heavy (non-hydrogen) atoms. The van der Waals surface area contributed by atoms with Crippen molar-refractivity contribution in [3.63, 3.8) is 0 Å². The molecule has 0 saturated carbocycles. The number of hydrogen-bond donors (Lipinski definition) is 1. The van der Waals surface area contributed by atoms with Crippen LogP contribution in [0.1, 0.15) is 24.5 Å². The van der Waals surface area contributed by atoms with Gasteiger partial charge in [0.2, 0.25) is 0 Å². The highest BCUT2D eigenvalue weighted by Gasteiger charge is 2.08. The van der Waals surface area contributed by atoms with E-state index in [4.69, 9.17) is 4.74 Å². The molecule has 0 heterocycles. The fourth-order valence-electron chi connectivity index (χ4n) is 1.09. The van der Waals surface area contributed by atoms with Crippen LogP contribution in [0.25, 0.3) is 0 Å². The van der Waals surface area contributed by atoms with E-state index in [-0.39, 0.29) is 11.7 Å².